The number of carbonyl (C=O) groups is 1. The number of benzene rings is 1. The second kappa shape index (κ2) is 5.31. The smallest absolute Gasteiger partial charge is 0.247 e. The summed E-state index contributed by atoms with van der Waals surface area (Å²) in [5.41, 5.74) is 2.69. The van der Waals surface area contributed by atoms with Crippen LogP contribution in [0.1, 0.15) is 17.1 Å². The number of anilines is 1. The molecule has 0 aliphatic carbocycles. The van der Waals surface area contributed by atoms with Crippen LogP contribution in [-0.2, 0) is 11.2 Å². The van der Waals surface area contributed by atoms with Gasteiger partial charge in [-0.2, -0.15) is 0 Å². The van der Waals surface area contributed by atoms with Crippen LogP contribution in [0.15, 0.2) is 47.6 Å². The Morgan fingerprint density at radius 2 is 2.17 bits per heavy atom. The van der Waals surface area contributed by atoms with Gasteiger partial charge < -0.3 is 9.73 Å². The van der Waals surface area contributed by atoms with Gasteiger partial charge in [0, 0.05) is 12.1 Å². The van der Waals surface area contributed by atoms with Gasteiger partial charge in [0.2, 0.25) is 5.91 Å². The van der Waals surface area contributed by atoms with Crippen LogP contribution in [0, 0.1) is 6.92 Å². The molecule has 4 heteroatoms. The number of oxazole rings is 1. The van der Waals surface area contributed by atoms with Crippen LogP contribution < -0.4 is 5.32 Å². The third kappa shape index (κ3) is 3.07. The first-order valence-electron chi connectivity index (χ1n) is 5.61. The molecule has 92 valence electrons. The molecule has 1 aromatic heterocycles. The van der Waals surface area contributed by atoms with E-state index in [1.165, 1.54) is 6.08 Å². The van der Waals surface area contributed by atoms with Crippen LogP contribution in [0.2, 0.25) is 0 Å². The first-order chi connectivity index (χ1) is 8.67. The van der Waals surface area contributed by atoms with Gasteiger partial charge in [-0.3, -0.25) is 4.79 Å². The molecular formula is C14H14N2O2. The third-order valence-electron chi connectivity index (χ3n) is 2.43. The first-order valence-corrected chi connectivity index (χ1v) is 5.61. The summed E-state index contributed by atoms with van der Waals surface area (Å²) in [7, 11) is 0. The van der Waals surface area contributed by atoms with Gasteiger partial charge in [-0.15, -0.1) is 0 Å². The van der Waals surface area contributed by atoms with E-state index in [2.05, 4.69) is 16.9 Å². The van der Waals surface area contributed by atoms with Crippen molar-refractivity contribution < 1.29 is 9.21 Å². The lowest BCUT2D eigenvalue weighted by Crippen LogP contribution is -2.06. The Labute approximate surface area is 105 Å². The Kier molecular flexibility index (Phi) is 3.57. The van der Waals surface area contributed by atoms with Crippen molar-refractivity contribution in [1.82, 2.24) is 4.98 Å². The molecular weight excluding hydrogens is 228 g/mol. The predicted octanol–water partition coefficient (Wildman–Crippen LogP) is 2.70. The van der Waals surface area contributed by atoms with E-state index >= 15 is 0 Å². The molecule has 0 spiro atoms. The quantitative estimate of drug-likeness (QED) is 0.839. The second-order valence-electron chi connectivity index (χ2n) is 3.95. The number of aryl methyl sites for hydroxylation is 1. The Morgan fingerprint density at radius 3 is 2.72 bits per heavy atom. The highest BCUT2D eigenvalue weighted by molar-refractivity contribution is 5.98. The molecule has 0 unspecified atom stereocenters. The Bertz CT molecular complexity index is 555. The fourth-order valence-electron chi connectivity index (χ4n) is 1.56. The van der Waals surface area contributed by atoms with Gasteiger partial charge in [-0.05, 0) is 30.7 Å². The van der Waals surface area contributed by atoms with Crippen LogP contribution in [0.4, 0.5) is 5.69 Å². The van der Waals surface area contributed by atoms with Gasteiger partial charge in [0.25, 0.3) is 0 Å². The summed E-state index contributed by atoms with van der Waals surface area (Å²) >= 11 is 0. The average Bonchev–Trinajstić information content (AvgIpc) is 2.77. The fraction of sp³-hybridized carbons (Fsp3) is 0.143. The minimum Gasteiger partial charge on any atom is -0.448 e. The van der Waals surface area contributed by atoms with Crippen LogP contribution in [0.3, 0.4) is 0 Å². The second-order valence-corrected chi connectivity index (χ2v) is 3.95. The van der Waals surface area contributed by atoms with Crippen molar-refractivity contribution in [3.05, 3.63) is 60.3 Å². The van der Waals surface area contributed by atoms with E-state index in [9.17, 15) is 4.79 Å². The number of aromatic nitrogens is 1. The maximum absolute atomic E-state index is 11.1. The van der Waals surface area contributed by atoms with Gasteiger partial charge >= 0.3 is 0 Å². The van der Waals surface area contributed by atoms with Crippen molar-refractivity contribution in [2.75, 3.05) is 5.32 Å². The molecule has 0 fully saturated rings. The monoisotopic (exact) mass is 242 g/mol. The molecule has 0 bridgehead atoms. The summed E-state index contributed by atoms with van der Waals surface area (Å²) in [4.78, 5) is 15.3. The Balaban J connectivity index is 2.03. The summed E-state index contributed by atoms with van der Waals surface area (Å²) in [6, 6.07) is 7.54. The minimum atomic E-state index is -0.217. The maximum Gasteiger partial charge on any atom is 0.247 e. The van der Waals surface area contributed by atoms with Gasteiger partial charge in [0.15, 0.2) is 5.89 Å². The van der Waals surface area contributed by atoms with E-state index < -0.39 is 0 Å². The molecule has 1 amide bonds. The molecule has 2 aromatic rings. The fourth-order valence-corrected chi connectivity index (χ4v) is 1.56. The summed E-state index contributed by atoms with van der Waals surface area (Å²) < 4.78 is 5.29. The normalized spacial score (nSPS) is 10.1. The molecule has 1 N–H and O–H groups in total. The number of nitrogens with zero attached hydrogens (tertiary/aromatic N) is 1. The zero-order valence-electron chi connectivity index (χ0n) is 10.1. The summed E-state index contributed by atoms with van der Waals surface area (Å²) in [6.07, 6.45) is 3.51. The molecule has 0 radical (unpaired) electrons. The number of amides is 1. The van der Waals surface area contributed by atoms with Crippen LogP contribution in [0.5, 0.6) is 0 Å². The van der Waals surface area contributed by atoms with Crippen molar-refractivity contribution in [3.8, 4) is 0 Å². The number of carbonyl (C=O) groups excluding carboxylic acids is 1. The lowest BCUT2D eigenvalue weighted by atomic mass is 10.1. The van der Waals surface area contributed by atoms with Crippen molar-refractivity contribution in [2.45, 2.75) is 13.3 Å². The van der Waals surface area contributed by atoms with E-state index in [1.54, 1.807) is 6.26 Å². The lowest BCUT2D eigenvalue weighted by Gasteiger charge is -2.03. The van der Waals surface area contributed by atoms with Crippen molar-refractivity contribution >= 4 is 11.6 Å². The Morgan fingerprint density at radius 1 is 1.44 bits per heavy atom. The molecule has 18 heavy (non-hydrogen) atoms. The lowest BCUT2D eigenvalue weighted by molar-refractivity contribution is -0.111. The SMILES string of the molecule is C=CC(=O)Nc1ccc(Cc2nc(C)co2)cc1. The first kappa shape index (κ1) is 12.1. The van der Waals surface area contributed by atoms with E-state index in [0.29, 0.717) is 12.3 Å². The molecule has 2 rings (SSSR count). The van der Waals surface area contributed by atoms with Gasteiger partial charge in [0.05, 0.1) is 5.69 Å². The molecule has 1 heterocycles. The van der Waals surface area contributed by atoms with Crippen LogP contribution >= 0.6 is 0 Å². The largest absolute Gasteiger partial charge is 0.448 e. The van der Waals surface area contributed by atoms with E-state index in [-0.39, 0.29) is 5.91 Å². The third-order valence-corrected chi connectivity index (χ3v) is 2.43. The number of hydrogen-bond acceptors (Lipinski definition) is 3. The van der Waals surface area contributed by atoms with Gasteiger partial charge in [0.1, 0.15) is 6.26 Å². The molecule has 0 atom stereocenters. The average molecular weight is 242 g/mol. The van der Waals surface area contributed by atoms with E-state index in [0.717, 1.165) is 16.9 Å². The molecule has 0 aliphatic rings. The summed E-state index contributed by atoms with van der Waals surface area (Å²) in [5, 5.41) is 2.69. The van der Waals surface area contributed by atoms with Crippen molar-refractivity contribution in [1.29, 1.82) is 0 Å². The molecule has 1 aromatic carbocycles. The zero-order valence-corrected chi connectivity index (χ0v) is 10.1. The highest BCUT2D eigenvalue weighted by Crippen LogP contribution is 2.13. The van der Waals surface area contributed by atoms with E-state index in [1.807, 2.05) is 31.2 Å². The standard InChI is InChI=1S/C14H14N2O2/c1-3-13(17)16-12-6-4-11(5-7-12)8-14-15-10(2)9-18-14/h3-7,9H,1,8H2,2H3,(H,16,17). The summed E-state index contributed by atoms with van der Waals surface area (Å²) in [6.45, 7) is 5.29. The van der Waals surface area contributed by atoms with Crippen LogP contribution in [-0.4, -0.2) is 10.9 Å². The van der Waals surface area contributed by atoms with Gasteiger partial charge in [-0.25, -0.2) is 4.98 Å². The minimum absolute atomic E-state index is 0.217. The van der Waals surface area contributed by atoms with Crippen molar-refractivity contribution in [3.63, 3.8) is 0 Å². The maximum atomic E-state index is 11.1. The molecule has 4 nitrogen and oxygen atoms in total. The topological polar surface area (TPSA) is 55.1 Å². The highest BCUT2D eigenvalue weighted by Gasteiger charge is 2.03. The molecule has 0 aliphatic heterocycles. The summed E-state index contributed by atoms with van der Waals surface area (Å²) in [5.74, 6) is 0.474. The zero-order chi connectivity index (χ0) is 13.0. The number of nitrogens with one attached hydrogen (secondary N) is 1. The van der Waals surface area contributed by atoms with Crippen molar-refractivity contribution in [2.24, 2.45) is 0 Å². The Hall–Kier alpha value is -2.36. The van der Waals surface area contributed by atoms with Gasteiger partial charge in [-0.1, -0.05) is 18.7 Å². The number of rotatable bonds is 4. The van der Waals surface area contributed by atoms with E-state index in [4.69, 9.17) is 4.42 Å². The molecule has 0 saturated heterocycles. The molecule has 0 saturated carbocycles. The predicted molar refractivity (Wildman–Crippen MR) is 69.3 cm³/mol. The highest BCUT2D eigenvalue weighted by atomic mass is 16.3. The van der Waals surface area contributed by atoms with Crippen LogP contribution in [0.25, 0.3) is 0 Å². The number of hydrogen-bond donors (Lipinski definition) is 1.